The van der Waals surface area contributed by atoms with Crippen LogP contribution in [0.4, 0.5) is 0 Å². The van der Waals surface area contributed by atoms with E-state index < -0.39 is 66.0 Å². The highest BCUT2D eigenvalue weighted by Crippen LogP contribution is 2.38. The van der Waals surface area contributed by atoms with Gasteiger partial charge in [0, 0.05) is 61.6 Å². The number of phenolic OH excluding ortho intramolecular Hbond substituents is 2. The van der Waals surface area contributed by atoms with E-state index in [0.29, 0.717) is 12.0 Å². The second-order valence-electron chi connectivity index (χ2n) is 17.0. The van der Waals surface area contributed by atoms with Crippen LogP contribution in [0.3, 0.4) is 0 Å². The number of ketones is 2. The smallest absolute Gasteiger partial charge is 0.326 e. The van der Waals surface area contributed by atoms with Gasteiger partial charge in [-0.2, -0.15) is 0 Å². The first kappa shape index (κ1) is 57.7. The summed E-state index contributed by atoms with van der Waals surface area (Å²) >= 11 is 0. The summed E-state index contributed by atoms with van der Waals surface area (Å²) in [5.41, 5.74) is 0.943. The van der Waals surface area contributed by atoms with Gasteiger partial charge in [-0.1, -0.05) is 125 Å². The molecule has 5 atom stereocenters. The molecule has 1 aliphatic rings. The first-order chi connectivity index (χ1) is 30.1. The van der Waals surface area contributed by atoms with Gasteiger partial charge < -0.3 is 41.7 Å². The van der Waals surface area contributed by atoms with Crippen LogP contribution in [0.1, 0.15) is 168 Å². The molecule has 8 N–H and O–H groups in total. The number of carboxylic acid groups (broad SMARTS) is 1. The van der Waals surface area contributed by atoms with Crippen molar-refractivity contribution in [3.05, 3.63) is 47.5 Å². The Morgan fingerprint density at radius 2 is 1.32 bits per heavy atom. The van der Waals surface area contributed by atoms with Crippen molar-refractivity contribution in [3.63, 3.8) is 0 Å². The number of carbonyl (C=O) groups is 7. The fourth-order valence-corrected chi connectivity index (χ4v) is 7.66. The number of phenols is 2. The second kappa shape index (κ2) is 30.8. The summed E-state index contributed by atoms with van der Waals surface area (Å²) in [5.74, 6) is -6.42. The molecule has 1 unspecified atom stereocenters. The molecule has 0 radical (unpaired) electrons. The molecule has 0 aromatic heterocycles. The lowest BCUT2D eigenvalue weighted by Gasteiger charge is -2.23. The van der Waals surface area contributed by atoms with Gasteiger partial charge in [-0.15, -0.1) is 0 Å². The third kappa shape index (κ3) is 20.2. The van der Waals surface area contributed by atoms with Crippen LogP contribution in [-0.4, -0.2) is 86.8 Å². The minimum absolute atomic E-state index is 0. The standard InChI is InChI=1S/C48H70N4O11.2CH4/c1-4-5-6-7-8-9-10-11-12-13-14-15-16-17-43(58)50-38(30-53)47(61)49-25-24-31(2)39(54)22-23-44(59)52-45-34-19-21-41(56)36(29-34)35-27-33(18-20-40(35)55)28-37(48(62)63)51-46(60)32(3)26-42(45)57;;/h18-21,27,29,31-32,37-38,45,53,55-56H,4-17,22-26,28,30H2,1-3H3,(H,49,61)(H,50,58)(H,51,60)(H,52,59)(H,62,63);2*1H4/t31?,32-,37+,38-,45+;;/m1../s1. The van der Waals surface area contributed by atoms with Crippen molar-refractivity contribution in [1.29, 1.82) is 0 Å². The Labute approximate surface area is 386 Å². The zero-order valence-corrected chi connectivity index (χ0v) is 37.3. The number of aliphatic carboxylic acids is 1. The van der Waals surface area contributed by atoms with E-state index in [2.05, 4.69) is 28.2 Å². The van der Waals surface area contributed by atoms with Crippen LogP contribution < -0.4 is 21.3 Å². The number of carboxylic acids is 1. The number of aliphatic hydroxyl groups is 1. The van der Waals surface area contributed by atoms with E-state index >= 15 is 0 Å². The Kier molecular flexibility index (Phi) is 27.3. The number of hydrogen-bond donors (Lipinski definition) is 8. The SMILES string of the molecule is C.C.CCCCCCCCCCCCCCCC(=O)N[C@H](CO)C(=O)NCCC(C)C(=O)CCC(=O)N[C@@H]1C(=O)C[C@@H](C)C(=O)N[C@H](C(=O)O)Cc2ccc(O)c(c2)-c2cc1ccc2O. The number of Topliss-reactive ketones (excluding diaryl/α,β-unsaturated/α-hetero) is 2. The first-order valence-electron chi connectivity index (χ1n) is 22.9. The Hall–Kier alpha value is -5.31. The van der Waals surface area contributed by atoms with Crippen molar-refractivity contribution in [2.75, 3.05) is 13.2 Å². The molecule has 15 heteroatoms. The molecule has 2 aromatic rings. The summed E-state index contributed by atoms with van der Waals surface area (Å²) in [6.45, 7) is 4.84. The minimum Gasteiger partial charge on any atom is -0.507 e. The maximum atomic E-state index is 13.8. The van der Waals surface area contributed by atoms with E-state index in [1.54, 1.807) is 6.92 Å². The normalized spacial score (nSPS) is 16.9. The molecule has 1 heterocycles. The minimum atomic E-state index is -1.35. The molecule has 65 heavy (non-hydrogen) atoms. The van der Waals surface area contributed by atoms with Crippen LogP contribution in [0, 0.1) is 11.8 Å². The number of carbonyl (C=O) groups excluding carboxylic acids is 6. The number of rotatable bonds is 26. The average Bonchev–Trinajstić information content (AvgIpc) is 3.25. The Morgan fingerprint density at radius 1 is 0.754 bits per heavy atom. The number of amides is 4. The van der Waals surface area contributed by atoms with E-state index in [1.165, 1.54) is 101 Å². The first-order valence-corrected chi connectivity index (χ1v) is 22.9. The molecule has 0 spiro atoms. The van der Waals surface area contributed by atoms with Gasteiger partial charge in [-0.3, -0.25) is 28.8 Å². The van der Waals surface area contributed by atoms with Gasteiger partial charge in [-0.05, 0) is 48.2 Å². The molecule has 0 saturated heterocycles. The highest BCUT2D eigenvalue weighted by atomic mass is 16.4. The van der Waals surface area contributed by atoms with Gasteiger partial charge in [0.05, 0.1) is 6.61 Å². The summed E-state index contributed by atoms with van der Waals surface area (Å²) in [7, 11) is 0. The van der Waals surface area contributed by atoms with Gasteiger partial charge >= 0.3 is 5.97 Å². The number of benzene rings is 2. The van der Waals surface area contributed by atoms with Crippen LogP contribution in [0.2, 0.25) is 0 Å². The third-order valence-electron chi connectivity index (χ3n) is 11.7. The molecule has 4 amide bonds. The number of fused-ring (bicyclic) bond motifs is 5. The van der Waals surface area contributed by atoms with Gasteiger partial charge in [0.25, 0.3) is 0 Å². The molecular formula is C50H78N4O11. The van der Waals surface area contributed by atoms with Crippen molar-refractivity contribution in [2.45, 2.75) is 176 Å². The van der Waals surface area contributed by atoms with Crippen LogP contribution in [0.5, 0.6) is 11.5 Å². The van der Waals surface area contributed by atoms with Gasteiger partial charge in [0.1, 0.15) is 35.4 Å². The predicted octanol–water partition coefficient (Wildman–Crippen LogP) is 7.37. The number of unbranched alkanes of at least 4 members (excludes halogenated alkanes) is 12. The van der Waals surface area contributed by atoms with Crippen LogP contribution in [-0.2, 0) is 40.0 Å². The zero-order valence-electron chi connectivity index (χ0n) is 37.3. The summed E-state index contributed by atoms with van der Waals surface area (Å²) < 4.78 is 0. The molecule has 2 aromatic carbocycles. The molecule has 364 valence electrons. The second-order valence-corrected chi connectivity index (χ2v) is 17.0. The molecule has 4 bridgehead atoms. The van der Waals surface area contributed by atoms with Gasteiger partial charge in [0.2, 0.25) is 23.6 Å². The monoisotopic (exact) mass is 911 g/mol. The fourth-order valence-electron chi connectivity index (χ4n) is 7.66. The van der Waals surface area contributed by atoms with Crippen molar-refractivity contribution in [2.24, 2.45) is 11.8 Å². The van der Waals surface area contributed by atoms with Crippen molar-refractivity contribution in [3.8, 4) is 22.6 Å². The largest absolute Gasteiger partial charge is 0.507 e. The maximum absolute atomic E-state index is 13.8. The van der Waals surface area contributed by atoms with Crippen LogP contribution in [0.25, 0.3) is 11.1 Å². The lowest BCUT2D eigenvalue weighted by Crippen LogP contribution is -2.49. The quantitative estimate of drug-likeness (QED) is 0.0433. The maximum Gasteiger partial charge on any atom is 0.326 e. The molecule has 3 rings (SSSR count). The summed E-state index contributed by atoms with van der Waals surface area (Å²) in [6.07, 6.45) is 14.9. The Balaban J connectivity index is 0.0000106. The molecule has 0 saturated carbocycles. The molecule has 15 nitrogen and oxygen atoms in total. The highest BCUT2D eigenvalue weighted by molar-refractivity contribution is 5.95. The third-order valence-corrected chi connectivity index (χ3v) is 11.7. The van der Waals surface area contributed by atoms with E-state index in [1.807, 2.05) is 0 Å². The topological polar surface area (TPSA) is 249 Å². The zero-order chi connectivity index (χ0) is 46.3. The highest BCUT2D eigenvalue weighted by Gasteiger charge is 2.31. The summed E-state index contributed by atoms with van der Waals surface area (Å²) in [5, 5.41) is 51.5. The average molecular weight is 911 g/mol. The number of aliphatic hydroxyl groups excluding tert-OH is 1. The summed E-state index contributed by atoms with van der Waals surface area (Å²) in [6, 6.07) is 4.65. The molecule has 1 aliphatic heterocycles. The van der Waals surface area contributed by atoms with Crippen molar-refractivity contribution in [1.82, 2.24) is 21.3 Å². The fraction of sp³-hybridized carbons (Fsp3) is 0.620. The lowest BCUT2D eigenvalue weighted by atomic mass is 9.90. The Bertz CT molecular complexity index is 1850. The molecular weight excluding hydrogens is 833 g/mol. The lowest BCUT2D eigenvalue weighted by molar-refractivity contribution is -0.142. The summed E-state index contributed by atoms with van der Waals surface area (Å²) in [4.78, 5) is 90.4. The molecule has 0 aliphatic carbocycles. The van der Waals surface area contributed by atoms with Crippen LogP contribution >= 0.6 is 0 Å². The number of aromatic hydroxyl groups is 2. The van der Waals surface area contributed by atoms with Crippen molar-refractivity contribution >= 4 is 41.2 Å². The van der Waals surface area contributed by atoms with Gasteiger partial charge in [0.15, 0.2) is 5.78 Å². The van der Waals surface area contributed by atoms with E-state index in [4.69, 9.17) is 0 Å². The van der Waals surface area contributed by atoms with E-state index in [0.717, 1.165) is 19.3 Å². The van der Waals surface area contributed by atoms with E-state index in [9.17, 15) is 54.0 Å². The van der Waals surface area contributed by atoms with Crippen molar-refractivity contribution < 1.29 is 54.0 Å². The number of hydrogen-bond acceptors (Lipinski definition) is 10. The van der Waals surface area contributed by atoms with E-state index in [-0.39, 0.29) is 99.8 Å². The predicted molar refractivity (Wildman–Crippen MR) is 252 cm³/mol. The Morgan fingerprint density at radius 3 is 1.91 bits per heavy atom. The number of nitrogens with one attached hydrogen (secondary N) is 4. The van der Waals surface area contributed by atoms with Gasteiger partial charge in [-0.25, -0.2) is 4.79 Å². The molecule has 0 fully saturated rings. The van der Waals surface area contributed by atoms with Crippen LogP contribution in [0.15, 0.2) is 36.4 Å².